The zero-order chi connectivity index (χ0) is 16.0. The van der Waals surface area contributed by atoms with Crippen molar-refractivity contribution in [1.82, 2.24) is 10.6 Å². The maximum absolute atomic E-state index is 12.0. The monoisotopic (exact) mass is 308 g/mol. The second-order valence-electron chi connectivity index (χ2n) is 5.71. The van der Waals surface area contributed by atoms with Gasteiger partial charge in [0.2, 0.25) is 0 Å². The predicted octanol–water partition coefficient (Wildman–Crippen LogP) is 2.03. The van der Waals surface area contributed by atoms with Gasteiger partial charge in [0.15, 0.2) is 11.5 Å². The molecule has 1 aromatic carbocycles. The predicted molar refractivity (Wildman–Crippen MR) is 83.5 cm³/mol. The summed E-state index contributed by atoms with van der Waals surface area (Å²) >= 11 is 0. The molecule has 2 N–H and O–H groups in total. The zero-order valence-electron chi connectivity index (χ0n) is 13.4. The van der Waals surface area contributed by atoms with E-state index >= 15 is 0 Å². The number of hydrogen-bond donors (Lipinski definition) is 2. The summed E-state index contributed by atoms with van der Waals surface area (Å²) in [5.74, 6) is 1.47. The Balaban J connectivity index is 1.96. The number of ether oxygens (including phenoxy) is 3. The van der Waals surface area contributed by atoms with Crippen molar-refractivity contribution in [3.8, 4) is 11.5 Å². The minimum Gasteiger partial charge on any atom is -0.486 e. The third kappa shape index (κ3) is 4.27. The molecule has 6 nitrogen and oxygen atoms in total. The molecule has 0 radical (unpaired) electrons. The van der Waals surface area contributed by atoms with E-state index < -0.39 is 5.54 Å². The van der Waals surface area contributed by atoms with Crippen molar-refractivity contribution in [3.05, 3.63) is 23.8 Å². The number of amides is 2. The van der Waals surface area contributed by atoms with Crippen molar-refractivity contribution in [2.75, 3.05) is 33.5 Å². The van der Waals surface area contributed by atoms with Gasteiger partial charge in [-0.25, -0.2) is 4.79 Å². The van der Waals surface area contributed by atoms with Gasteiger partial charge in [-0.3, -0.25) is 0 Å². The molecule has 22 heavy (non-hydrogen) atoms. The summed E-state index contributed by atoms with van der Waals surface area (Å²) in [6, 6.07) is 5.54. The standard InChI is InChI=1S/C16H24N2O4/c1-16(2,18-15(19)17-7-4-8-20-3)12-5-6-13-14(11-12)22-10-9-21-13/h5-6,11H,4,7-10H2,1-3H3,(H2,17,18,19). The summed E-state index contributed by atoms with van der Waals surface area (Å²) in [6.45, 7) is 6.23. The zero-order valence-corrected chi connectivity index (χ0v) is 13.4. The van der Waals surface area contributed by atoms with Crippen LogP contribution in [-0.2, 0) is 10.3 Å². The summed E-state index contributed by atoms with van der Waals surface area (Å²) in [7, 11) is 1.64. The van der Waals surface area contributed by atoms with E-state index in [1.807, 2.05) is 32.0 Å². The van der Waals surface area contributed by atoms with Crippen LogP contribution in [0.1, 0.15) is 25.8 Å². The van der Waals surface area contributed by atoms with Gasteiger partial charge in [-0.1, -0.05) is 6.07 Å². The first-order valence-electron chi connectivity index (χ1n) is 7.48. The van der Waals surface area contributed by atoms with Crippen LogP contribution in [0.15, 0.2) is 18.2 Å². The van der Waals surface area contributed by atoms with Crippen LogP contribution in [-0.4, -0.2) is 39.5 Å². The van der Waals surface area contributed by atoms with Crippen molar-refractivity contribution in [2.24, 2.45) is 0 Å². The second-order valence-corrected chi connectivity index (χ2v) is 5.71. The summed E-state index contributed by atoms with van der Waals surface area (Å²) in [5, 5.41) is 5.79. The van der Waals surface area contributed by atoms with Crippen LogP contribution in [0, 0.1) is 0 Å². The van der Waals surface area contributed by atoms with E-state index in [0.29, 0.717) is 26.4 Å². The molecule has 0 fully saturated rings. The Kier molecular flexibility index (Phi) is 5.49. The molecule has 0 aliphatic carbocycles. The number of nitrogens with one attached hydrogen (secondary N) is 2. The third-order valence-electron chi connectivity index (χ3n) is 3.50. The number of methoxy groups -OCH3 is 1. The Morgan fingerprint density at radius 3 is 2.73 bits per heavy atom. The molecule has 2 rings (SSSR count). The number of fused-ring (bicyclic) bond motifs is 1. The van der Waals surface area contributed by atoms with Gasteiger partial charge in [0.05, 0.1) is 5.54 Å². The normalized spacial score (nSPS) is 13.6. The van der Waals surface area contributed by atoms with E-state index in [-0.39, 0.29) is 6.03 Å². The Morgan fingerprint density at radius 2 is 2.00 bits per heavy atom. The molecule has 0 aromatic heterocycles. The fourth-order valence-corrected chi connectivity index (χ4v) is 2.25. The lowest BCUT2D eigenvalue weighted by atomic mass is 9.94. The van der Waals surface area contributed by atoms with E-state index in [0.717, 1.165) is 23.5 Å². The number of hydrogen-bond acceptors (Lipinski definition) is 4. The quantitative estimate of drug-likeness (QED) is 0.789. The Labute approximate surface area is 131 Å². The number of urea groups is 1. The Hall–Kier alpha value is -1.95. The maximum Gasteiger partial charge on any atom is 0.315 e. The molecule has 0 atom stereocenters. The highest BCUT2D eigenvalue weighted by Crippen LogP contribution is 2.34. The van der Waals surface area contributed by atoms with Crippen molar-refractivity contribution in [1.29, 1.82) is 0 Å². The number of carbonyl (C=O) groups is 1. The van der Waals surface area contributed by atoms with Crippen LogP contribution in [0.4, 0.5) is 4.79 Å². The Morgan fingerprint density at radius 1 is 1.27 bits per heavy atom. The van der Waals surface area contributed by atoms with Gasteiger partial charge in [0.25, 0.3) is 0 Å². The van der Waals surface area contributed by atoms with Crippen molar-refractivity contribution >= 4 is 6.03 Å². The summed E-state index contributed by atoms with van der Waals surface area (Å²) in [4.78, 5) is 12.0. The molecule has 1 heterocycles. The highest BCUT2D eigenvalue weighted by Gasteiger charge is 2.25. The van der Waals surface area contributed by atoms with Gasteiger partial charge in [-0.2, -0.15) is 0 Å². The third-order valence-corrected chi connectivity index (χ3v) is 3.50. The highest BCUT2D eigenvalue weighted by molar-refractivity contribution is 5.75. The van der Waals surface area contributed by atoms with E-state index in [4.69, 9.17) is 14.2 Å². The van der Waals surface area contributed by atoms with Crippen LogP contribution in [0.2, 0.25) is 0 Å². The molecule has 0 saturated carbocycles. The molecule has 0 saturated heterocycles. The molecule has 0 bridgehead atoms. The molecule has 1 aliphatic rings. The number of carbonyl (C=O) groups excluding carboxylic acids is 1. The first-order chi connectivity index (χ1) is 10.5. The van der Waals surface area contributed by atoms with Crippen LogP contribution < -0.4 is 20.1 Å². The van der Waals surface area contributed by atoms with E-state index in [9.17, 15) is 4.79 Å². The average molecular weight is 308 g/mol. The van der Waals surface area contributed by atoms with Crippen LogP contribution in [0.3, 0.4) is 0 Å². The number of benzene rings is 1. The van der Waals surface area contributed by atoms with Gasteiger partial charge in [-0.15, -0.1) is 0 Å². The van der Waals surface area contributed by atoms with Gasteiger partial charge >= 0.3 is 6.03 Å². The summed E-state index contributed by atoms with van der Waals surface area (Å²) in [6.07, 6.45) is 0.786. The largest absolute Gasteiger partial charge is 0.486 e. The van der Waals surface area contributed by atoms with Gasteiger partial charge < -0.3 is 24.8 Å². The lowest BCUT2D eigenvalue weighted by Gasteiger charge is -2.28. The fourth-order valence-electron chi connectivity index (χ4n) is 2.25. The molecule has 0 unspecified atom stereocenters. The van der Waals surface area contributed by atoms with E-state index in [1.54, 1.807) is 7.11 Å². The fraction of sp³-hybridized carbons (Fsp3) is 0.562. The average Bonchev–Trinajstić information content (AvgIpc) is 2.50. The first kappa shape index (κ1) is 16.4. The summed E-state index contributed by atoms with van der Waals surface area (Å²) in [5.41, 5.74) is 0.449. The Bertz CT molecular complexity index is 517. The van der Waals surface area contributed by atoms with Crippen LogP contribution in [0.25, 0.3) is 0 Å². The van der Waals surface area contributed by atoms with Crippen molar-refractivity contribution in [2.45, 2.75) is 25.8 Å². The van der Waals surface area contributed by atoms with Crippen LogP contribution >= 0.6 is 0 Å². The molecular formula is C16H24N2O4. The molecule has 1 aromatic rings. The SMILES string of the molecule is COCCCNC(=O)NC(C)(C)c1ccc2c(c1)OCCO2. The lowest BCUT2D eigenvalue weighted by molar-refractivity contribution is 0.171. The molecule has 1 aliphatic heterocycles. The molecule has 6 heteroatoms. The van der Waals surface area contributed by atoms with Gasteiger partial charge in [-0.05, 0) is 38.0 Å². The van der Waals surface area contributed by atoms with Gasteiger partial charge in [0.1, 0.15) is 13.2 Å². The topological polar surface area (TPSA) is 68.8 Å². The molecule has 0 spiro atoms. The second kappa shape index (κ2) is 7.35. The minimum atomic E-state index is -0.513. The maximum atomic E-state index is 12.0. The summed E-state index contributed by atoms with van der Waals surface area (Å²) < 4.78 is 16.0. The van der Waals surface area contributed by atoms with Crippen LogP contribution in [0.5, 0.6) is 11.5 Å². The molecule has 2 amide bonds. The van der Waals surface area contributed by atoms with E-state index in [2.05, 4.69) is 10.6 Å². The first-order valence-corrected chi connectivity index (χ1v) is 7.48. The van der Waals surface area contributed by atoms with Gasteiger partial charge in [0, 0.05) is 20.3 Å². The smallest absolute Gasteiger partial charge is 0.315 e. The van der Waals surface area contributed by atoms with Crippen molar-refractivity contribution < 1.29 is 19.0 Å². The molecule has 122 valence electrons. The lowest BCUT2D eigenvalue weighted by Crippen LogP contribution is -2.46. The minimum absolute atomic E-state index is 0.198. The molecular weight excluding hydrogens is 284 g/mol. The van der Waals surface area contributed by atoms with Crippen molar-refractivity contribution in [3.63, 3.8) is 0 Å². The van der Waals surface area contributed by atoms with E-state index in [1.165, 1.54) is 0 Å². The number of rotatable bonds is 6. The highest BCUT2D eigenvalue weighted by atomic mass is 16.6.